The second-order valence-corrected chi connectivity index (χ2v) is 9.75. The van der Waals surface area contributed by atoms with E-state index in [2.05, 4.69) is 74.6 Å². The first-order chi connectivity index (χ1) is 17.1. The van der Waals surface area contributed by atoms with Gasteiger partial charge in [-0.05, 0) is 27.6 Å². The number of aromatic nitrogens is 7. The number of hydrogen-bond acceptors (Lipinski definition) is 6. The summed E-state index contributed by atoms with van der Waals surface area (Å²) in [4.78, 5) is 22.1. The Balaban J connectivity index is 1.21. The van der Waals surface area contributed by atoms with Gasteiger partial charge in [-0.3, -0.25) is 9.58 Å². The van der Waals surface area contributed by atoms with Crippen molar-refractivity contribution in [1.82, 2.24) is 39.2 Å². The van der Waals surface area contributed by atoms with Crippen LogP contribution in [0.3, 0.4) is 0 Å². The van der Waals surface area contributed by atoms with Crippen molar-refractivity contribution >= 4 is 32.8 Å². The number of nitrogens with one attached hydrogen (secondary N) is 1. The standard InChI is InChI=1S/C25H26BrN9/c1-32-17-27-13-20(32)16-33-9-11-34(12-10-33)23-21(26)14-28-25-22(23)30-24(31-25)19-5-3-18(4-6-19)15-35-8-2-7-29-35/h2-8,13-14,17H,9-12,15-16H2,1H3,(H,28,30,31). The Bertz CT molecular complexity index is 1430. The monoisotopic (exact) mass is 531 g/mol. The summed E-state index contributed by atoms with van der Waals surface area (Å²) in [6.07, 6.45) is 9.45. The summed E-state index contributed by atoms with van der Waals surface area (Å²) < 4.78 is 4.98. The van der Waals surface area contributed by atoms with Gasteiger partial charge in [-0.1, -0.05) is 24.3 Å². The van der Waals surface area contributed by atoms with Crippen LogP contribution in [0.1, 0.15) is 11.3 Å². The van der Waals surface area contributed by atoms with E-state index in [4.69, 9.17) is 4.98 Å². The molecule has 0 bridgehead atoms. The molecular weight excluding hydrogens is 506 g/mol. The summed E-state index contributed by atoms with van der Waals surface area (Å²) in [5, 5.41) is 4.28. The molecule has 178 valence electrons. The Morgan fingerprint density at radius 3 is 2.57 bits per heavy atom. The average molecular weight is 532 g/mol. The molecule has 35 heavy (non-hydrogen) atoms. The zero-order valence-corrected chi connectivity index (χ0v) is 21.1. The Hall–Kier alpha value is -3.50. The molecule has 0 saturated carbocycles. The first-order valence-electron chi connectivity index (χ1n) is 11.7. The summed E-state index contributed by atoms with van der Waals surface area (Å²) in [7, 11) is 2.05. The van der Waals surface area contributed by atoms with Crippen molar-refractivity contribution in [3.63, 3.8) is 0 Å². The molecule has 0 aliphatic carbocycles. The third-order valence-electron chi connectivity index (χ3n) is 6.56. The van der Waals surface area contributed by atoms with E-state index in [1.54, 1.807) is 6.20 Å². The lowest BCUT2D eigenvalue weighted by Gasteiger charge is -2.36. The summed E-state index contributed by atoms with van der Waals surface area (Å²) in [5.74, 6) is 0.826. The Morgan fingerprint density at radius 2 is 1.86 bits per heavy atom. The van der Waals surface area contributed by atoms with Crippen LogP contribution in [0.15, 0.2) is 65.9 Å². The number of aromatic amines is 1. The van der Waals surface area contributed by atoms with Gasteiger partial charge in [0.15, 0.2) is 5.65 Å². The number of nitrogens with zero attached hydrogens (tertiary/aromatic N) is 8. The number of anilines is 1. The van der Waals surface area contributed by atoms with Gasteiger partial charge >= 0.3 is 0 Å². The fourth-order valence-corrected chi connectivity index (χ4v) is 5.14. The summed E-state index contributed by atoms with van der Waals surface area (Å²) >= 11 is 3.74. The lowest BCUT2D eigenvalue weighted by atomic mass is 10.1. The van der Waals surface area contributed by atoms with Gasteiger partial charge in [-0.25, -0.2) is 15.0 Å². The minimum absolute atomic E-state index is 0.749. The minimum Gasteiger partial charge on any atom is -0.366 e. The van der Waals surface area contributed by atoms with Crippen LogP contribution in [0.5, 0.6) is 0 Å². The van der Waals surface area contributed by atoms with Crippen LogP contribution >= 0.6 is 15.9 Å². The van der Waals surface area contributed by atoms with E-state index in [9.17, 15) is 0 Å². The summed E-state index contributed by atoms with van der Waals surface area (Å²) in [6, 6.07) is 10.4. The second kappa shape index (κ2) is 9.27. The molecule has 1 aliphatic heterocycles. The summed E-state index contributed by atoms with van der Waals surface area (Å²) in [5.41, 5.74) is 6.27. The van der Waals surface area contributed by atoms with E-state index in [0.717, 1.165) is 72.0 Å². The van der Waals surface area contributed by atoms with Crippen LogP contribution in [0.4, 0.5) is 5.69 Å². The molecule has 0 radical (unpaired) electrons. The maximum Gasteiger partial charge on any atom is 0.159 e. The van der Waals surface area contributed by atoms with Crippen LogP contribution < -0.4 is 4.90 Å². The van der Waals surface area contributed by atoms with Crippen LogP contribution in [0.2, 0.25) is 0 Å². The molecule has 1 aliphatic rings. The number of hydrogen-bond donors (Lipinski definition) is 1. The predicted molar refractivity (Wildman–Crippen MR) is 139 cm³/mol. The number of rotatable bonds is 6. The highest BCUT2D eigenvalue weighted by atomic mass is 79.9. The predicted octanol–water partition coefficient (Wildman–Crippen LogP) is 3.69. The van der Waals surface area contributed by atoms with E-state index in [1.165, 1.54) is 11.3 Å². The molecule has 1 aromatic carbocycles. The third kappa shape index (κ3) is 4.46. The molecule has 1 fully saturated rings. The molecule has 0 atom stereocenters. The molecule has 0 amide bonds. The fraction of sp³-hybridized carbons (Fsp3) is 0.280. The maximum atomic E-state index is 4.98. The van der Waals surface area contributed by atoms with E-state index in [-0.39, 0.29) is 0 Å². The van der Waals surface area contributed by atoms with Crippen molar-refractivity contribution in [2.75, 3.05) is 31.1 Å². The van der Waals surface area contributed by atoms with Gasteiger partial charge < -0.3 is 14.5 Å². The molecule has 4 aromatic heterocycles. The quantitative estimate of drug-likeness (QED) is 0.359. The first-order valence-corrected chi connectivity index (χ1v) is 12.5. The highest BCUT2D eigenvalue weighted by Crippen LogP contribution is 2.34. The van der Waals surface area contributed by atoms with Crippen LogP contribution in [0.25, 0.3) is 22.6 Å². The van der Waals surface area contributed by atoms with Gasteiger partial charge in [0.1, 0.15) is 11.3 Å². The van der Waals surface area contributed by atoms with Crippen molar-refractivity contribution < 1.29 is 0 Å². The van der Waals surface area contributed by atoms with Gasteiger partial charge in [0, 0.05) is 70.1 Å². The third-order valence-corrected chi connectivity index (χ3v) is 7.14. The van der Waals surface area contributed by atoms with E-state index in [0.29, 0.717) is 0 Å². The maximum absolute atomic E-state index is 4.98. The molecule has 0 spiro atoms. The fourth-order valence-electron chi connectivity index (χ4n) is 4.60. The number of fused-ring (bicyclic) bond motifs is 1. The molecule has 9 nitrogen and oxygen atoms in total. The molecule has 5 heterocycles. The lowest BCUT2D eigenvalue weighted by molar-refractivity contribution is 0.245. The van der Waals surface area contributed by atoms with E-state index in [1.807, 2.05) is 42.7 Å². The van der Waals surface area contributed by atoms with Gasteiger partial charge in [0.25, 0.3) is 0 Å². The molecule has 0 unspecified atom stereocenters. The largest absolute Gasteiger partial charge is 0.366 e. The average Bonchev–Trinajstić information content (AvgIpc) is 3.63. The van der Waals surface area contributed by atoms with Crippen molar-refractivity contribution in [3.8, 4) is 11.4 Å². The molecule has 6 rings (SSSR count). The first kappa shape index (κ1) is 22.0. The molecule has 1 N–H and O–H groups in total. The van der Waals surface area contributed by atoms with Gasteiger partial charge in [0.05, 0.1) is 28.7 Å². The van der Waals surface area contributed by atoms with Crippen molar-refractivity contribution in [2.45, 2.75) is 13.1 Å². The number of benzene rings is 1. The van der Waals surface area contributed by atoms with Gasteiger partial charge in [0.2, 0.25) is 0 Å². The minimum atomic E-state index is 0.749. The SMILES string of the molecule is Cn1cncc1CN1CCN(c2c(Br)cnc3[nH]c(-c4ccc(Cn5cccn5)cc4)nc23)CC1. The molecular formula is C25H26BrN9. The number of H-pyrrole nitrogens is 1. The Morgan fingerprint density at radius 1 is 1.03 bits per heavy atom. The Kier molecular flexibility index (Phi) is 5.83. The topological polar surface area (TPSA) is 83.7 Å². The normalized spacial score (nSPS) is 14.7. The molecule has 10 heteroatoms. The van der Waals surface area contributed by atoms with E-state index >= 15 is 0 Å². The van der Waals surface area contributed by atoms with Crippen molar-refractivity contribution in [1.29, 1.82) is 0 Å². The van der Waals surface area contributed by atoms with Gasteiger partial charge in [-0.2, -0.15) is 5.10 Å². The zero-order chi connectivity index (χ0) is 23.8. The number of aryl methyl sites for hydroxylation is 1. The molecule has 5 aromatic rings. The van der Waals surface area contributed by atoms with Crippen LogP contribution in [0, 0.1) is 0 Å². The van der Waals surface area contributed by atoms with Crippen LogP contribution in [-0.2, 0) is 20.1 Å². The number of imidazole rings is 2. The van der Waals surface area contributed by atoms with Crippen LogP contribution in [-0.4, -0.2) is 65.4 Å². The number of pyridine rings is 1. The zero-order valence-electron chi connectivity index (χ0n) is 19.5. The Labute approximate surface area is 211 Å². The lowest BCUT2D eigenvalue weighted by Crippen LogP contribution is -2.46. The van der Waals surface area contributed by atoms with Gasteiger partial charge in [-0.15, -0.1) is 0 Å². The molecule has 1 saturated heterocycles. The number of piperazine rings is 1. The highest BCUT2D eigenvalue weighted by Gasteiger charge is 2.23. The second-order valence-electron chi connectivity index (χ2n) is 8.90. The smallest absolute Gasteiger partial charge is 0.159 e. The van der Waals surface area contributed by atoms with Crippen molar-refractivity contribution in [2.24, 2.45) is 7.05 Å². The van der Waals surface area contributed by atoms with E-state index < -0.39 is 0 Å². The van der Waals surface area contributed by atoms with Crippen molar-refractivity contribution in [3.05, 3.63) is 77.2 Å². The highest BCUT2D eigenvalue weighted by molar-refractivity contribution is 9.10. The number of halogens is 1. The summed E-state index contributed by atoms with van der Waals surface area (Å²) in [6.45, 7) is 5.49.